The first-order valence-corrected chi connectivity index (χ1v) is 11.6. The number of aliphatic hydroxyl groups is 1. The number of likely N-dealkylation sites (N-methyl/N-ethyl adjacent to an activating group) is 1. The standard InChI is InChI=1S/C20H22Cl2F3N3O4S/c1-27(18(30)16-17(20(23,24)25)26-19(31)33-16)9-11(29)10-28-6-4-12(5-7-28)32-13-2-3-14(21)15(22)8-13/h2-3,8,11-12,29H,4-7,9-10H2,1H3,(H,26,31)/t11-/m0/s1. The highest BCUT2D eigenvalue weighted by Gasteiger charge is 2.39. The van der Waals surface area contributed by atoms with Crippen molar-refractivity contribution in [1.82, 2.24) is 14.8 Å². The molecular formula is C20H22Cl2F3N3O4S. The Balaban J connectivity index is 1.48. The Labute approximate surface area is 201 Å². The van der Waals surface area contributed by atoms with Crippen LogP contribution in [0.4, 0.5) is 13.2 Å². The Kier molecular flexibility index (Phi) is 8.33. The lowest BCUT2D eigenvalue weighted by Crippen LogP contribution is -2.45. The van der Waals surface area contributed by atoms with Crippen LogP contribution in [0, 0.1) is 0 Å². The van der Waals surface area contributed by atoms with Crippen LogP contribution in [0.2, 0.25) is 10.0 Å². The van der Waals surface area contributed by atoms with Crippen LogP contribution in [0.15, 0.2) is 23.0 Å². The number of aromatic nitrogens is 1. The molecule has 0 unspecified atom stereocenters. The third-order valence-corrected chi connectivity index (χ3v) is 6.76. The lowest BCUT2D eigenvalue weighted by molar-refractivity contribution is -0.141. The van der Waals surface area contributed by atoms with E-state index in [9.17, 15) is 27.9 Å². The smallest absolute Gasteiger partial charge is 0.432 e. The van der Waals surface area contributed by atoms with E-state index in [2.05, 4.69) is 0 Å². The minimum atomic E-state index is -4.85. The number of benzene rings is 1. The van der Waals surface area contributed by atoms with Crippen LogP contribution in [-0.2, 0) is 6.18 Å². The highest BCUT2D eigenvalue weighted by atomic mass is 35.5. The normalized spacial score (nSPS) is 16.6. The zero-order valence-electron chi connectivity index (χ0n) is 17.5. The number of nitrogens with one attached hydrogen (secondary N) is 1. The Hall–Kier alpha value is -1.79. The molecule has 0 bridgehead atoms. The van der Waals surface area contributed by atoms with Gasteiger partial charge < -0.3 is 24.6 Å². The van der Waals surface area contributed by atoms with E-state index in [4.69, 9.17) is 27.9 Å². The Morgan fingerprint density at radius 3 is 2.61 bits per heavy atom. The molecule has 0 saturated carbocycles. The third-order valence-electron chi connectivity index (χ3n) is 5.16. The largest absolute Gasteiger partial charge is 0.490 e. The van der Waals surface area contributed by atoms with Gasteiger partial charge in [-0.15, -0.1) is 0 Å². The minimum absolute atomic E-state index is 0.0305. The predicted octanol–water partition coefficient (Wildman–Crippen LogP) is 3.74. The Morgan fingerprint density at radius 1 is 1.33 bits per heavy atom. The zero-order chi connectivity index (χ0) is 24.3. The van der Waals surface area contributed by atoms with E-state index < -0.39 is 33.6 Å². The van der Waals surface area contributed by atoms with Crippen LogP contribution in [0.5, 0.6) is 5.75 Å². The second kappa shape index (κ2) is 10.6. The fourth-order valence-electron chi connectivity index (χ4n) is 3.56. The van der Waals surface area contributed by atoms with Gasteiger partial charge in [-0.05, 0) is 25.0 Å². The first-order chi connectivity index (χ1) is 15.4. The van der Waals surface area contributed by atoms with Crippen molar-refractivity contribution < 1.29 is 27.8 Å². The van der Waals surface area contributed by atoms with Crippen molar-refractivity contribution in [2.75, 3.05) is 33.2 Å². The molecule has 1 atom stereocenters. The SMILES string of the molecule is CN(C[C@H](O)CN1CCC(Oc2ccc(Cl)c(Cl)c2)CC1)C(=O)c1sc(=O)[nH]c1C(F)(F)F. The van der Waals surface area contributed by atoms with Crippen molar-refractivity contribution in [2.24, 2.45) is 0 Å². The van der Waals surface area contributed by atoms with Crippen molar-refractivity contribution in [1.29, 1.82) is 0 Å². The molecular weight excluding hydrogens is 506 g/mol. The highest BCUT2D eigenvalue weighted by molar-refractivity contribution is 7.11. The number of hydrogen-bond acceptors (Lipinski definition) is 6. The monoisotopic (exact) mass is 527 g/mol. The Morgan fingerprint density at radius 2 is 2.00 bits per heavy atom. The van der Waals surface area contributed by atoms with Gasteiger partial charge in [-0.3, -0.25) is 9.59 Å². The molecule has 1 saturated heterocycles. The van der Waals surface area contributed by atoms with Crippen molar-refractivity contribution in [3.8, 4) is 5.75 Å². The van der Waals surface area contributed by atoms with E-state index in [0.29, 0.717) is 41.7 Å². The number of halogens is 5. The van der Waals surface area contributed by atoms with Crippen LogP contribution >= 0.6 is 34.5 Å². The first-order valence-electron chi connectivity index (χ1n) is 10.0. The minimum Gasteiger partial charge on any atom is -0.490 e. The second-order valence-electron chi connectivity index (χ2n) is 7.75. The molecule has 1 aliphatic heterocycles. The van der Waals surface area contributed by atoms with Crippen LogP contribution in [0.3, 0.4) is 0 Å². The molecule has 7 nitrogen and oxygen atoms in total. The van der Waals surface area contributed by atoms with Gasteiger partial charge in [-0.25, -0.2) is 0 Å². The second-order valence-corrected chi connectivity index (χ2v) is 9.55. The van der Waals surface area contributed by atoms with Gasteiger partial charge in [0.1, 0.15) is 22.4 Å². The van der Waals surface area contributed by atoms with Gasteiger partial charge in [0.05, 0.1) is 16.1 Å². The number of likely N-dealkylation sites (tertiary alicyclic amines) is 1. The van der Waals surface area contributed by atoms with Crippen LogP contribution in [-0.4, -0.2) is 71.2 Å². The van der Waals surface area contributed by atoms with Crippen molar-refractivity contribution in [2.45, 2.75) is 31.2 Å². The van der Waals surface area contributed by atoms with Crippen LogP contribution < -0.4 is 9.61 Å². The number of β-amino-alcohol motifs (C(OH)–C–C–N with tert-alkyl or cyclic N) is 1. The molecule has 0 spiro atoms. The molecule has 1 fully saturated rings. The quantitative estimate of drug-likeness (QED) is 0.572. The first kappa shape index (κ1) is 25.8. The summed E-state index contributed by atoms with van der Waals surface area (Å²) < 4.78 is 45.1. The van der Waals surface area contributed by atoms with E-state index in [1.807, 2.05) is 4.90 Å². The number of H-pyrrole nitrogens is 1. The van der Waals surface area contributed by atoms with Crippen molar-refractivity contribution in [3.05, 3.63) is 48.5 Å². The molecule has 2 heterocycles. The molecule has 1 aliphatic rings. The summed E-state index contributed by atoms with van der Waals surface area (Å²) in [6.07, 6.45) is -4.46. The molecule has 3 rings (SSSR count). The van der Waals surface area contributed by atoms with Crippen LogP contribution in [0.1, 0.15) is 28.2 Å². The number of thiazole rings is 1. The van der Waals surface area contributed by atoms with E-state index in [1.165, 1.54) is 7.05 Å². The average molecular weight is 528 g/mol. The molecule has 1 aromatic carbocycles. The number of piperidine rings is 1. The maximum Gasteiger partial charge on any atom is 0.432 e. The summed E-state index contributed by atoms with van der Waals surface area (Å²) in [4.78, 5) is 26.7. The van der Waals surface area contributed by atoms with E-state index in [0.717, 1.165) is 4.90 Å². The Bertz CT molecular complexity index is 1040. The van der Waals surface area contributed by atoms with Crippen LogP contribution in [0.25, 0.3) is 0 Å². The number of aliphatic hydroxyl groups excluding tert-OH is 1. The van der Waals surface area contributed by atoms with Gasteiger partial charge in [0.15, 0.2) is 0 Å². The number of ether oxygens (including phenoxy) is 1. The van der Waals surface area contributed by atoms with E-state index >= 15 is 0 Å². The molecule has 182 valence electrons. The fourth-order valence-corrected chi connectivity index (χ4v) is 4.70. The lowest BCUT2D eigenvalue weighted by atomic mass is 10.1. The topological polar surface area (TPSA) is 85.9 Å². The molecule has 0 radical (unpaired) electrons. The number of carbonyl (C=O) groups is 1. The summed E-state index contributed by atoms with van der Waals surface area (Å²) in [5.74, 6) is -0.355. The zero-order valence-corrected chi connectivity index (χ0v) is 19.8. The number of nitrogens with zero attached hydrogens (tertiary/aromatic N) is 2. The number of amides is 1. The lowest BCUT2D eigenvalue weighted by Gasteiger charge is -2.34. The summed E-state index contributed by atoms with van der Waals surface area (Å²) in [5, 5.41) is 11.2. The van der Waals surface area contributed by atoms with Crippen molar-refractivity contribution in [3.63, 3.8) is 0 Å². The molecule has 0 aliphatic carbocycles. The van der Waals surface area contributed by atoms with Gasteiger partial charge in [0, 0.05) is 39.3 Å². The maximum absolute atomic E-state index is 13.1. The van der Waals surface area contributed by atoms with Gasteiger partial charge in [-0.1, -0.05) is 34.5 Å². The summed E-state index contributed by atoms with van der Waals surface area (Å²) in [6.45, 7) is 1.34. The number of aromatic amines is 1. The molecule has 1 amide bonds. The fraction of sp³-hybridized carbons (Fsp3) is 0.500. The summed E-state index contributed by atoms with van der Waals surface area (Å²) in [5.41, 5.74) is -1.37. The average Bonchev–Trinajstić information content (AvgIpc) is 3.14. The third kappa shape index (κ3) is 6.86. The van der Waals surface area contributed by atoms with Gasteiger partial charge >= 0.3 is 11.0 Å². The summed E-state index contributed by atoms with van der Waals surface area (Å²) >= 11 is 12.1. The van der Waals surface area contributed by atoms with Gasteiger partial charge in [0.25, 0.3) is 5.91 Å². The number of rotatable bonds is 7. The van der Waals surface area contributed by atoms with Crippen molar-refractivity contribution >= 4 is 40.4 Å². The number of alkyl halides is 3. The highest BCUT2D eigenvalue weighted by Crippen LogP contribution is 2.32. The van der Waals surface area contributed by atoms with Gasteiger partial charge in [-0.2, -0.15) is 13.2 Å². The maximum atomic E-state index is 13.1. The van der Waals surface area contributed by atoms with Gasteiger partial charge in [0.2, 0.25) is 0 Å². The summed E-state index contributed by atoms with van der Waals surface area (Å²) in [7, 11) is 1.28. The molecule has 1 aromatic heterocycles. The molecule has 2 N–H and O–H groups in total. The molecule has 13 heteroatoms. The number of hydrogen-bond donors (Lipinski definition) is 2. The summed E-state index contributed by atoms with van der Waals surface area (Å²) in [6, 6.07) is 5.05. The molecule has 33 heavy (non-hydrogen) atoms. The van der Waals surface area contributed by atoms with E-state index in [-0.39, 0.29) is 30.5 Å². The number of carbonyl (C=O) groups excluding carboxylic acids is 1. The van der Waals surface area contributed by atoms with E-state index in [1.54, 1.807) is 23.2 Å². The predicted molar refractivity (Wildman–Crippen MR) is 119 cm³/mol. The molecule has 2 aromatic rings.